The molecule has 0 bridgehead atoms. The number of amides is 1. The largest absolute Gasteiger partial charge is 0.334 e. The van der Waals surface area contributed by atoms with Gasteiger partial charge in [-0.3, -0.25) is 4.79 Å². The molecule has 2 fully saturated rings. The second-order valence-corrected chi connectivity index (χ2v) is 7.59. The number of likely N-dealkylation sites (tertiary alicyclic amines) is 1. The van der Waals surface area contributed by atoms with Crippen molar-refractivity contribution in [1.82, 2.24) is 14.9 Å². The van der Waals surface area contributed by atoms with Gasteiger partial charge in [0.05, 0.1) is 11.2 Å². The molecular weight excluding hydrogens is 310 g/mol. The minimum atomic E-state index is -0.00176. The van der Waals surface area contributed by atoms with E-state index in [1.807, 2.05) is 13.8 Å². The van der Waals surface area contributed by atoms with Crippen molar-refractivity contribution in [3.05, 3.63) is 22.7 Å². The first-order valence-electron chi connectivity index (χ1n) is 8.91. The normalized spacial score (nSPS) is 25.1. The topological polar surface area (TPSA) is 46.1 Å². The SMILES string of the molecule is CC(C)c1ncc(Cl)c(C(=O)N2CCCC[C@H]3CCCC[C@@H]32)n1. The van der Waals surface area contributed by atoms with Crippen LogP contribution in [0.3, 0.4) is 0 Å². The molecule has 2 atom stereocenters. The maximum Gasteiger partial charge on any atom is 0.274 e. The van der Waals surface area contributed by atoms with Crippen LogP contribution in [-0.2, 0) is 0 Å². The first kappa shape index (κ1) is 16.7. The van der Waals surface area contributed by atoms with Crippen LogP contribution in [0.5, 0.6) is 0 Å². The number of hydrogen-bond donors (Lipinski definition) is 0. The van der Waals surface area contributed by atoms with Crippen LogP contribution in [0.2, 0.25) is 5.02 Å². The molecule has 2 heterocycles. The molecule has 0 N–H and O–H groups in total. The Morgan fingerprint density at radius 2 is 1.91 bits per heavy atom. The van der Waals surface area contributed by atoms with E-state index >= 15 is 0 Å². The van der Waals surface area contributed by atoms with E-state index in [0.29, 0.717) is 28.5 Å². The summed E-state index contributed by atoms with van der Waals surface area (Å²) in [7, 11) is 0. The number of halogens is 1. The Kier molecular flexibility index (Phi) is 5.20. The van der Waals surface area contributed by atoms with Gasteiger partial charge in [0, 0.05) is 18.5 Å². The Bertz CT molecular complexity index is 575. The summed E-state index contributed by atoms with van der Waals surface area (Å²) in [5, 5.41) is 0.371. The molecule has 23 heavy (non-hydrogen) atoms. The van der Waals surface area contributed by atoms with E-state index in [0.717, 1.165) is 19.4 Å². The third kappa shape index (κ3) is 3.52. The first-order valence-corrected chi connectivity index (χ1v) is 9.29. The maximum atomic E-state index is 13.2. The molecule has 1 aliphatic heterocycles. The van der Waals surface area contributed by atoms with Crippen molar-refractivity contribution in [2.24, 2.45) is 5.92 Å². The summed E-state index contributed by atoms with van der Waals surface area (Å²) in [4.78, 5) is 24.0. The first-order chi connectivity index (χ1) is 11.1. The van der Waals surface area contributed by atoms with E-state index in [-0.39, 0.29) is 11.8 Å². The van der Waals surface area contributed by atoms with Gasteiger partial charge in [-0.25, -0.2) is 9.97 Å². The van der Waals surface area contributed by atoms with Gasteiger partial charge >= 0.3 is 0 Å². The molecule has 2 aliphatic rings. The molecule has 126 valence electrons. The molecule has 1 aromatic rings. The fourth-order valence-electron chi connectivity index (χ4n) is 3.99. The Hall–Kier alpha value is -1.16. The molecule has 4 nitrogen and oxygen atoms in total. The highest BCUT2D eigenvalue weighted by molar-refractivity contribution is 6.33. The number of hydrogen-bond acceptors (Lipinski definition) is 3. The lowest BCUT2D eigenvalue weighted by Crippen LogP contribution is -2.45. The number of nitrogens with zero attached hydrogens (tertiary/aromatic N) is 3. The van der Waals surface area contributed by atoms with Crippen molar-refractivity contribution in [1.29, 1.82) is 0 Å². The third-order valence-corrected chi connectivity index (χ3v) is 5.51. The standard InChI is InChI=1S/C18H26ClN3O/c1-12(2)17-20-11-14(19)16(21-17)18(23)22-10-6-5-8-13-7-3-4-9-15(13)22/h11-13,15H,3-10H2,1-2H3/t13-,15+/m1/s1. The molecule has 0 spiro atoms. The van der Waals surface area contributed by atoms with Crippen LogP contribution in [0.1, 0.15) is 81.0 Å². The van der Waals surface area contributed by atoms with Crippen LogP contribution in [0.25, 0.3) is 0 Å². The lowest BCUT2D eigenvalue weighted by molar-refractivity contribution is 0.0562. The third-order valence-electron chi connectivity index (χ3n) is 5.24. The second-order valence-electron chi connectivity index (χ2n) is 7.19. The smallest absolute Gasteiger partial charge is 0.274 e. The molecule has 1 aromatic heterocycles. The number of fused-ring (bicyclic) bond motifs is 1. The monoisotopic (exact) mass is 335 g/mol. The van der Waals surface area contributed by atoms with Crippen LogP contribution in [0, 0.1) is 5.92 Å². The fourth-order valence-corrected chi connectivity index (χ4v) is 4.16. The van der Waals surface area contributed by atoms with Gasteiger partial charge in [0.15, 0.2) is 5.69 Å². The zero-order valence-electron chi connectivity index (χ0n) is 14.1. The average Bonchev–Trinajstić information content (AvgIpc) is 2.77. The Morgan fingerprint density at radius 3 is 2.65 bits per heavy atom. The predicted molar refractivity (Wildman–Crippen MR) is 91.8 cm³/mol. The quantitative estimate of drug-likeness (QED) is 0.802. The van der Waals surface area contributed by atoms with Gasteiger partial charge in [-0.2, -0.15) is 0 Å². The van der Waals surface area contributed by atoms with E-state index in [4.69, 9.17) is 11.6 Å². The molecule has 1 amide bonds. The van der Waals surface area contributed by atoms with Crippen LogP contribution in [-0.4, -0.2) is 33.4 Å². The predicted octanol–water partition coefficient (Wildman–Crippen LogP) is 4.44. The van der Waals surface area contributed by atoms with Gasteiger partial charge in [-0.1, -0.05) is 44.7 Å². The Balaban J connectivity index is 1.90. The molecule has 1 saturated heterocycles. The fraction of sp³-hybridized carbons (Fsp3) is 0.722. The summed E-state index contributed by atoms with van der Waals surface area (Å²) in [6.45, 7) is 4.89. The van der Waals surface area contributed by atoms with Gasteiger partial charge in [0.25, 0.3) is 5.91 Å². The molecule has 0 unspecified atom stereocenters. The number of aromatic nitrogens is 2. The molecule has 1 aliphatic carbocycles. The zero-order chi connectivity index (χ0) is 16.4. The summed E-state index contributed by atoms with van der Waals surface area (Å²) >= 11 is 6.26. The molecule has 0 radical (unpaired) electrons. The van der Waals surface area contributed by atoms with Crippen molar-refractivity contribution in [3.63, 3.8) is 0 Å². The summed E-state index contributed by atoms with van der Waals surface area (Å²) in [5.74, 6) is 1.52. The van der Waals surface area contributed by atoms with E-state index in [1.165, 1.54) is 32.1 Å². The lowest BCUT2D eigenvalue weighted by Gasteiger charge is -2.38. The molecule has 3 rings (SSSR count). The summed E-state index contributed by atoms with van der Waals surface area (Å²) < 4.78 is 0. The zero-order valence-corrected chi connectivity index (χ0v) is 14.9. The van der Waals surface area contributed by atoms with Crippen molar-refractivity contribution < 1.29 is 4.79 Å². The molecule has 1 saturated carbocycles. The molecule has 0 aromatic carbocycles. The van der Waals surface area contributed by atoms with Crippen molar-refractivity contribution in [3.8, 4) is 0 Å². The highest BCUT2D eigenvalue weighted by Crippen LogP contribution is 2.35. The Morgan fingerprint density at radius 1 is 1.22 bits per heavy atom. The van der Waals surface area contributed by atoms with Crippen LogP contribution < -0.4 is 0 Å². The average molecular weight is 336 g/mol. The van der Waals surface area contributed by atoms with E-state index < -0.39 is 0 Å². The second kappa shape index (κ2) is 7.16. The maximum absolute atomic E-state index is 13.2. The summed E-state index contributed by atoms with van der Waals surface area (Å²) in [6.07, 6.45) is 10.0. The van der Waals surface area contributed by atoms with Crippen LogP contribution in [0.15, 0.2) is 6.20 Å². The van der Waals surface area contributed by atoms with Gasteiger partial charge in [0.1, 0.15) is 5.82 Å². The highest BCUT2D eigenvalue weighted by Gasteiger charge is 2.35. The Labute approximate surface area is 143 Å². The number of carbonyl (C=O) groups excluding carboxylic acids is 1. The molecular formula is C18H26ClN3O. The van der Waals surface area contributed by atoms with Crippen LogP contribution >= 0.6 is 11.6 Å². The van der Waals surface area contributed by atoms with Gasteiger partial charge in [0.2, 0.25) is 0 Å². The molecule has 5 heteroatoms. The van der Waals surface area contributed by atoms with Gasteiger partial charge in [-0.05, 0) is 31.6 Å². The lowest BCUT2D eigenvalue weighted by atomic mass is 9.81. The van der Waals surface area contributed by atoms with Crippen LogP contribution in [0.4, 0.5) is 0 Å². The van der Waals surface area contributed by atoms with Gasteiger partial charge < -0.3 is 4.90 Å². The highest BCUT2D eigenvalue weighted by atomic mass is 35.5. The summed E-state index contributed by atoms with van der Waals surface area (Å²) in [5.41, 5.74) is 0.386. The number of rotatable bonds is 2. The number of carbonyl (C=O) groups is 1. The minimum Gasteiger partial charge on any atom is -0.334 e. The van der Waals surface area contributed by atoms with Crippen molar-refractivity contribution in [2.45, 2.75) is 70.8 Å². The minimum absolute atomic E-state index is 0.00176. The van der Waals surface area contributed by atoms with Crippen molar-refractivity contribution in [2.75, 3.05) is 6.54 Å². The van der Waals surface area contributed by atoms with E-state index in [9.17, 15) is 4.79 Å². The summed E-state index contributed by atoms with van der Waals surface area (Å²) in [6, 6.07) is 0.368. The van der Waals surface area contributed by atoms with E-state index in [2.05, 4.69) is 14.9 Å². The van der Waals surface area contributed by atoms with Crippen molar-refractivity contribution >= 4 is 17.5 Å². The van der Waals surface area contributed by atoms with E-state index in [1.54, 1.807) is 6.20 Å². The van der Waals surface area contributed by atoms with Gasteiger partial charge in [-0.15, -0.1) is 0 Å².